The molecule has 0 aromatic heterocycles. The van der Waals surface area contributed by atoms with Crippen LogP contribution in [0.5, 0.6) is 0 Å². The number of carbonyl (C=O) groups excluding carboxylic acids is 2. The van der Waals surface area contributed by atoms with E-state index in [0.29, 0.717) is 18.8 Å². The molecule has 0 aromatic rings. The minimum atomic E-state index is -0.142. The summed E-state index contributed by atoms with van der Waals surface area (Å²) in [6.07, 6.45) is 1.12. The Hall–Kier alpha value is -0.900. The van der Waals surface area contributed by atoms with Crippen molar-refractivity contribution >= 4 is 11.8 Å². The predicted octanol–water partition coefficient (Wildman–Crippen LogP) is 1.80. The van der Waals surface area contributed by atoms with E-state index in [4.69, 9.17) is 0 Å². The van der Waals surface area contributed by atoms with Crippen molar-refractivity contribution in [1.82, 2.24) is 10.2 Å². The largest absolute Gasteiger partial charge is 0.295 e. The van der Waals surface area contributed by atoms with Crippen LogP contribution < -0.4 is 5.32 Å². The first kappa shape index (κ1) is 16.1. The van der Waals surface area contributed by atoms with E-state index in [0.717, 1.165) is 13.1 Å². The number of rotatable bonds is 4. The predicted molar refractivity (Wildman–Crippen MR) is 69.6 cm³/mol. The monoisotopic (exact) mass is 242 g/mol. The molecule has 1 atom stereocenters. The van der Waals surface area contributed by atoms with Crippen LogP contribution in [0.15, 0.2) is 0 Å². The first-order valence-electron chi connectivity index (χ1n) is 6.62. The van der Waals surface area contributed by atoms with Crippen molar-refractivity contribution in [1.29, 1.82) is 0 Å². The molecule has 1 saturated heterocycles. The fraction of sp³-hybridized carbons (Fsp3) is 0.846. The molecule has 1 aliphatic heterocycles. The first-order valence-corrected chi connectivity index (χ1v) is 6.62. The molecule has 0 spiro atoms. The van der Waals surface area contributed by atoms with Crippen LogP contribution in [0.1, 0.15) is 47.5 Å². The van der Waals surface area contributed by atoms with Gasteiger partial charge in [0.15, 0.2) is 0 Å². The molecule has 4 heteroatoms. The Kier molecular flexibility index (Phi) is 7.79. The quantitative estimate of drug-likeness (QED) is 0.765. The molecule has 1 heterocycles. The van der Waals surface area contributed by atoms with Gasteiger partial charge in [0.2, 0.25) is 11.8 Å². The SMILES string of the molecule is CC.CCN(CC(C)C)C1CCC(=O)NC1=O. The van der Waals surface area contributed by atoms with Crippen LogP contribution in [-0.4, -0.2) is 35.8 Å². The van der Waals surface area contributed by atoms with Crippen molar-refractivity contribution < 1.29 is 9.59 Å². The minimum Gasteiger partial charge on any atom is -0.295 e. The summed E-state index contributed by atoms with van der Waals surface area (Å²) < 4.78 is 0. The van der Waals surface area contributed by atoms with E-state index in [-0.39, 0.29) is 17.9 Å². The molecule has 0 bridgehead atoms. The van der Waals surface area contributed by atoms with E-state index in [9.17, 15) is 9.59 Å². The molecule has 1 aliphatic rings. The number of nitrogens with one attached hydrogen (secondary N) is 1. The third-order valence-electron chi connectivity index (χ3n) is 2.66. The van der Waals surface area contributed by atoms with Gasteiger partial charge in [-0.25, -0.2) is 0 Å². The second-order valence-electron chi connectivity index (χ2n) is 4.45. The Morgan fingerprint density at radius 3 is 2.35 bits per heavy atom. The van der Waals surface area contributed by atoms with Crippen LogP contribution in [0.4, 0.5) is 0 Å². The van der Waals surface area contributed by atoms with Gasteiger partial charge >= 0.3 is 0 Å². The number of hydrogen-bond donors (Lipinski definition) is 1. The molecule has 100 valence electrons. The Bertz CT molecular complexity index is 252. The highest BCUT2D eigenvalue weighted by molar-refractivity contribution is 6.00. The molecular weight excluding hydrogens is 216 g/mol. The summed E-state index contributed by atoms with van der Waals surface area (Å²) in [7, 11) is 0. The maximum Gasteiger partial charge on any atom is 0.243 e. The number of imide groups is 1. The van der Waals surface area contributed by atoms with Gasteiger partial charge in [0, 0.05) is 13.0 Å². The van der Waals surface area contributed by atoms with Crippen LogP contribution in [0, 0.1) is 5.92 Å². The van der Waals surface area contributed by atoms with Gasteiger partial charge < -0.3 is 0 Å². The van der Waals surface area contributed by atoms with E-state index in [1.165, 1.54) is 0 Å². The molecule has 2 amide bonds. The van der Waals surface area contributed by atoms with Crippen LogP contribution in [0.3, 0.4) is 0 Å². The second-order valence-corrected chi connectivity index (χ2v) is 4.45. The standard InChI is InChI=1S/C11H20N2O2.C2H6/c1-4-13(7-8(2)3)9-5-6-10(14)12-11(9)15;1-2/h8-9H,4-7H2,1-3H3,(H,12,14,15);1-2H3. The Morgan fingerprint density at radius 1 is 1.35 bits per heavy atom. The van der Waals surface area contributed by atoms with Gasteiger partial charge in [-0.2, -0.15) is 0 Å². The highest BCUT2D eigenvalue weighted by atomic mass is 16.2. The number of likely N-dealkylation sites (N-methyl/N-ethyl adjacent to an activating group) is 1. The third kappa shape index (κ3) is 5.31. The summed E-state index contributed by atoms with van der Waals surface area (Å²) >= 11 is 0. The molecule has 1 unspecified atom stereocenters. The maximum atomic E-state index is 11.6. The average molecular weight is 242 g/mol. The summed E-state index contributed by atoms with van der Waals surface area (Å²) in [4.78, 5) is 24.8. The van der Waals surface area contributed by atoms with E-state index >= 15 is 0 Å². The number of nitrogens with zero attached hydrogens (tertiary/aromatic N) is 1. The fourth-order valence-electron chi connectivity index (χ4n) is 1.98. The van der Waals surface area contributed by atoms with E-state index < -0.39 is 0 Å². The summed E-state index contributed by atoms with van der Waals surface area (Å²) in [5.74, 6) is 0.265. The van der Waals surface area contributed by atoms with Crippen LogP contribution in [0.25, 0.3) is 0 Å². The second kappa shape index (κ2) is 8.23. The summed E-state index contributed by atoms with van der Waals surface area (Å²) in [6.45, 7) is 12.1. The van der Waals surface area contributed by atoms with Gasteiger partial charge in [-0.1, -0.05) is 34.6 Å². The zero-order chi connectivity index (χ0) is 13.4. The van der Waals surface area contributed by atoms with E-state index in [2.05, 4.69) is 24.1 Å². The van der Waals surface area contributed by atoms with Crippen LogP contribution >= 0.6 is 0 Å². The van der Waals surface area contributed by atoms with Gasteiger partial charge in [-0.3, -0.25) is 19.8 Å². The molecular formula is C13H26N2O2. The Labute approximate surface area is 105 Å². The summed E-state index contributed by atoms with van der Waals surface area (Å²) in [6, 6.07) is -0.116. The van der Waals surface area contributed by atoms with Gasteiger partial charge in [-0.05, 0) is 18.9 Å². The molecule has 4 nitrogen and oxygen atoms in total. The van der Waals surface area contributed by atoms with Crippen molar-refractivity contribution in [2.24, 2.45) is 5.92 Å². The van der Waals surface area contributed by atoms with Crippen molar-refractivity contribution in [3.8, 4) is 0 Å². The first-order chi connectivity index (χ1) is 8.04. The minimum absolute atomic E-state index is 0.116. The van der Waals surface area contributed by atoms with E-state index in [1.54, 1.807) is 0 Å². The molecule has 1 fully saturated rings. The van der Waals surface area contributed by atoms with E-state index in [1.807, 2.05) is 20.8 Å². The number of carbonyl (C=O) groups is 2. The van der Waals surface area contributed by atoms with Gasteiger partial charge in [-0.15, -0.1) is 0 Å². The molecule has 1 N–H and O–H groups in total. The van der Waals surface area contributed by atoms with Crippen LogP contribution in [0.2, 0.25) is 0 Å². The summed E-state index contributed by atoms with van der Waals surface area (Å²) in [5.41, 5.74) is 0. The van der Waals surface area contributed by atoms with Crippen molar-refractivity contribution in [2.45, 2.75) is 53.5 Å². The lowest BCUT2D eigenvalue weighted by Crippen LogP contribution is -2.53. The number of hydrogen-bond acceptors (Lipinski definition) is 3. The van der Waals surface area contributed by atoms with Gasteiger partial charge in [0.1, 0.15) is 0 Å². The highest BCUT2D eigenvalue weighted by Gasteiger charge is 2.30. The topological polar surface area (TPSA) is 49.4 Å². The van der Waals surface area contributed by atoms with Crippen molar-refractivity contribution in [2.75, 3.05) is 13.1 Å². The third-order valence-corrected chi connectivity index (χ3v) is 2.66. The zero-order valence-electron chi connectivity index (χ0n) is 11.7. The number of piperidine rings is 1. The average Bonchev–Trinajstić information content (AvgIpc) is 2.29. The lowest BCUT2D eigenvalue weighted by molar-refractivity contribution is -0.137. The molecule has 1 rings (SSSR count). The zero-order valence-corrected chi connectivity index (χ0v) is 11.7. The highest BCUT2D eigenvalue weighted by Crippen LogP contribution is 2.13. The smallest absolute Gasteiger partial charge is 0.243 e. The molecule has 0 radical (unpaired) electrons. The number of amides is 2. The Balaban J connectivity index is 0.00000121. The molecule has 17 heavy (non-hydrogen) atoms. The summed E-state index contributed by atoms with van der Waals surface area (Å²) in [5, 5.41) is 2.40. The van der Waals surface area contributed by atoms with Gasteiger partial charge in [0.25, 0.3) is 0 Å². The van der Waals surface area contributed by atoms with Crippen LogP contribution in [-0.2, 0) is 9.59 Å². The lowest BCUT2D eigenvalue weighted by Gasteiger charge is -2.32. The molecule has 0 saturated carbocycles. The van der Waals surface area contributed by atoms with Crippen molar-refractivity contribution in [3.05, 3.63) is 0 Å². The normalized spacial score (nSPS) is 20.1. The maximum absolute atomic E-state index is 11.6. The molecule has 0 aromatic carbocycles. The molecule has 0 aliphatic carbocycles. The Morgan fingerprint density at radius 2 is 1.94 bits per heavy atom. The van der Waals surface area contributed by atoms with Crippen molar-refractivity contribution in [3.63, 3.8) is 0 Å². The lowest BCUT2D eigenvalue weighted by atomic mass is 10.0. The van der Waals surface area contributed by atoms with Gasteiger partial charge in [0.05, 0.1) is 6.04 Å². The fourth-order valence-corrected chi connectivity index (χ4v) is 1.98.